The Morgan fingerprint density at radius 2 is 1.86 bits per heavy atom. The molecule has 0 saturated carbocycles. The van der Waals surface area contributed by atoms with Crippen LogP contribution in [0.1, 0.15) is 10.4 Å². The Labute approximate surface area is 123 Å². The van der Waals surface area contributed by atoms with Crippen molar-refractivity contribution in [3.05, 3.63) is 48.0 Å². The van der Waals surface area contributed by atoms with Gasteiger partial charge < -0.3 is 10.5 Å². The summed E-state index contributed by atoms with van der Waals surface area (Å²) < 4.78 is 28.0. The molecule has 2 aromatic carbocycles. The first-order chi connectivity index (χ1) is 9.82. The van der Waals surface area contributed by atoms with E-state index in [-0.39, 0.29) is 4.90 Å². The average molecular weight is 305 g/mol. The van der Waals surface area contributed by atoms with Crippen molar-refractivity contribution in [1.29, 1.82) is 0 Å². The second-order valence-corrected chi connectivity index (χ2v) is 6.61. The van der Waals surface area contributed by atoms with Gasteiger partial charge in [0.15, 0.2) is 9.84 Å². The van der Waals surface area contributed by atoms with Crippen LogP contribution in [0.25, 0.3) is 11.1 Å². The molecule has 0 atom stereocenters. The van der Waals surface area contributed by atoms with Crippen molar-refractivity contribution in [2.45, 2.75) is 4.90 Å². The van der Waals surface area contributed by atoms with E-state index >= 15 is 0 Å². The molecule has 0 aliphatic heterocycles. The summed E-state index contributed by atoms with van der Waals surface area (Å²) in [6.07, 6.45) is 1.14. The Hall–Kier alpha value is -2.34. The predicted octanol–water partition coefficient (Wildman–Crippen LogP) is 2.13. The molecule has 0 aliphatic carbocycles. The summed E-state index contributed by atoms with van der Waals surface area (Å²) in [6, 6.07) is 11.2. The van der Waals surface area contributed by atoms with Crippen LogP contribution in [0.15, 0.2) is 47.4 Å². The highest BCUT2D eigenvalue weighted by Gasteiger charge is 2.15. The van der Waals surface area contributed by atoms with Crippen LogP contribution in [0.2, 0.25) is 0 Å². The van der Waals surface area contributed by atoms with Gasteiger partial charge in [-0.05, 0) is 35.4 Å². The number of sulfone groups is 1. The van der Waals surface area contributed by atoms with Crippen molar-refractivity contribution < 1.29 is 17.9 Å². The number of nitrogens with two attached hydrogens (primary N) is 1. The molecule has 0 fully saturated rings. The lowest BCUT2D eigenvalue weighted by Crippen LogP contribution is -2.05. The molecule has 0 heterocycles. The third-order valence-electron chi connectivity index (χ3n) is 3.02. The van der Waals surface area contributed by atoms with Crippen molar-refractivity contribution in [3.8, 4) is 11.1 Å². The first-order valence-electron chi connectivity index (χ1n) is 6.11. The van der Waals surface area contributed by atoms with Gasteiger partial charge in [-0.15, -0.1) is 0 Å². The number of hydrogen-bond acceptors (Lipinski definition) is 5. The van der Waals surface area contributed by atoms with Crippen molar-refractivity contribution in [2.75, 3.05) is 19.1 Å². The minimum atomic E-state index is -3.32. The second-order valence-electron chi connectivity index (χ2n) is 4.60. The van der Waals surface area contributed by atoms with E-state index in [0.717, 1.165) is 6.26 Å². The summed E-state index contributed by atoms with van der Waals surface area (Å²) >= 11 is 0. The predicted molar refractivity (Wildman–Crippen MR) is 80.7 cm³/mol. The summed E-state index contributed by atoms with van der Waals surface area (Å²) in [4.78, 5) is 12.0. The minimum absolute atomic E-state index is 0.188. The quantitative estimate of drug-likeness (QED) is 0.693. The number of carbonyl (C=O) groups is 1. The number of methoxy groups -OCH3 is 1. The Kier molecular flexibility index (Phi) is 3.99. The van der Waals surface area contributed by atoms with E-state index in [9.17, 15) is 13.2 Å². The van der Waals surface area contributed by atoms with E-state index < -0.39 is 15.8 Å². The fourth-order valence-electron chi connectivity index (χ4n) is 1.99. The molecule has 0 aliphatic rings. The fourth-order valence-corrected chi connectivity index (χ4v) is 2.65. The molecule has 5 nitrogen and oxygen atoms in total. The van der Waals surface area contributed by atoms with Gasteiger partial charge in [0.2, 0.25) is 0 Å². The van der Waals surface area contributed by atoms with Crippen LogP contribution in [-0.2, 0) is 14.6 Å². The highest BCUT2D eigenvalue weighted by atomic mass is 32.2. The van der Waals surface area contributed by atoms with Gasteiger partial charge in [0.05, 0.1) is 17.6 Å². The molecule has 0 amide bonds. The molecule has 0 aromatic heterocycles. The van der Waals surface area contributed by atoms with Gasteiger partial charge in [-0.1, -0.05) is 18.2 Å². The highest BCUT2D eigenvalue weighted by Crippen LogP contribution is 2.28. The number of esters is 1. The molecule has 2 aromatic rings. The van der Waals surface area contributed by atoms with E-state index in [1.54, 1.807) is 24.3 Å². The van der Waals surface area contributed by atoms with Gasteiger partial charge in [0, 0.05) is 11.9 Å². The van der Waals surface area contributed by atoms with Gasteiger partial charge in [0.25, 0.3) is 0 Å². The molecular formula is C15H15NO4S. The van der Waals surface area contributed by atoms with Crippen LogP contribution in [0.4, 0.5) is 5.69 Å². The number of benzene rings is 2. The molecule has 0 bridgehead atoms. The van der Waals surface area contributed by atoms with Crippen molar-refractivity contribution in [3.63, 3.8) is 0 Å². The zero-order chi connectivity index (χ0) is 15.6. The zero-order valence-corrected chi connectivity index (χ0v) is 12.5. The van der Waals surface area contributed by atoms with Crippen LogP contribution >= 0.6 is 0 Å². The fraction of sp³-hybridized carbons (Fsp3) is 0.133. The Balaban J connectivity index is 2.65. The molecule has 6 heteroatoms. The van der Waals surface area contributed by atoms with Crippen LogP contribution in [-0.4, -0.2) is 27.8 Å². The normalized spacial score (nSPS) is 11.1. The Bertz CT molecular complexity index is 797. The number of nitrogen functional groups attached to an aromatic ring is 1. The Morgan fingerprint density at radius 3 is 2.48 bits per heavy atom. The van der Waals surface area contributed by atoms with E-state index in [1.807, 2.05) is 0 Å². The van der Waals surface area contributed by atoms with Gasteiger partial charge in [-0.25, -0.2) is 13.2 Å². The van der Waals surface area contributed by atoms with E-state index in [4.69, 9.17) is 10.5 Å². The maximum atomic E-state index is 11.8. The zero-order valence-electron chi connectivity index (χ0n) is 11.7. The molecule has 2 rings (SSSR count). The van der Waals surface area contributed by atoms with Crippen LogP contribution in [0.5, 0.6) is 0 Å². The number of carbonyl (C=O) groups excluding carboxylic acids is 1. The Morgan fingerprint density at radius 1 is 1.14 bits per heavy atom. The lowest BCUT2D eigenvalue weighted by molar-refractivity contribution is 0.0601. The van der Waals surface area contributed by atoms with Crippen molar-refractivity contribution >= 4 is 21.5 Å². The smallest absolute Gasteiger partial charge is 0.338 e. The van der Waals surface area contributed by atoms with Crippen LogP contribution in [0.3, 0.4) is 0 Å². The lowest BCUT2D eigenvalue weighted by Gasteiger charge is -2.10. The summed E-state index contributed by atoms with van der Waals surface area (Å²) in [6.45, 7) is 0. The monoisotopic (exact) mass is 305 g/mol. The molecular weight excluding hydrogens is 290 g/mol. The average Bonchev–Trinajstić information content (AvgIpc) is 2.45. The van der Waals surface area contributed by atoms with Crippen molar-refractivity contribution in [2.24, 2.45) is 0 Å². The molecule has 2 N–H and O–H groups in total. The van der Waals surface area contributed by atoms with Gasteiger partial charge >= 0.3 is 5.97 Å². The van der Waals surface area contributed by atoms with Gasteiger partial charge in [-0.3, -0.25) is 0 Å². The summed E-state index contributed by atoms with van der Waals surface area (Å²) in [5, 5.41) is 0. The summed E-state index contributed by atoms with van der Waals surface area (Å²) in [5.41, 5.74) is 7.60. The standard InChI is InChI=1S/C15H15NO4S/c1-20-15(17)14-9-11(16)6-7-13(14)10-4-3-5-12(8-10)21(2,18)19/h3-9H,16H2,1-2H3. The minimum Gasteiger partial charge on any atom is -0.465 e. The summed E-state index contributed by atoms with van der Waals surface area (Å²) in [7, 11) is -2.04. The highest BCUT2D eigenvalue weighted by molar-refractivity contribution is 7.90. The van der Waals surface area contributed by atoms with Crippen molar-refractivity contribution in [1.82, 2.24) is 0 Å². The van der Waals surface area contributed by atoms with E-state index in [1.165, 1.54) is 25.3 Å². The van der Waals surface area contributed by atoms with Crippen LogP contribution < -0.4 is 5.73 Å². The van der Waals surface area contributed by atoms with E-state index in [0.29, 0.717) is 22.4 Å². The molecule has 0 radical (unpaired) electrons. The third-order valence-corrected chi connectivity index (χ3v) is 4.13. The molecule has 21 heavy (non-hydrogen) atoms. The summed E-state index contributed by atoms with van der Waals surface area (Å²) in [5.74, 6) is -0.526. The van der Waals surface area contributed by atoms with Gasteiger partial charge in [-0.2, -0.15) is 0 Å². The van der Waals surface area contributed by atoms with E-state index in [2.05, 4.69) is 0 Å². The first-order valence-corrected chi connectivity index (χ1v) is 8.00. The third kappa shape index (κ3) is 3.22. The molecule has 110 valence electrons. The SMILES string of the molecule is COC(=O)c1cc(N)ccc1-c1cccc(S(C)(=O)=O)c1. The first kappa shape index (κ1) is 15.1. The number of ether oxygens (including phenoxy) is 1. The van der Waals surface area contributed by atoms with Gasteiger partial charge in [0.1, 0.15) is 0 Å². The maximum Gasteiger partial charge on any atom is 0.338 e. The molecule has 0 unspecified atom stereocenters. The second kappa shape index (κ2) is 5.57. The molecule has 0 saturated heterocycles. The maximum absolute atomic E-state index is 11.8. The van der Waals surface area contributed by atoms with Crippen LogP contribution in [0, 0.1) is 0 Å². The number of rotatable bonds is 3. The molecule has 0 spiro atoms. The largest absolute Gasteiger partial charge is 0.465 e. The lowest BCUT2D eigenvalue weighted by atomic mass is 9.99. The topological polar surface area (TPSA) is 86.5 Å². The number of anilines is 1. The number of hydrogen-bond donors (Lipinski definition) is 1.